The Bertz CT molecular complexity index is 557. The van der Waals surface area contributed by atoms with Gasteiger partial charge in [-0.25, -0.2) is 9.07 Å². The normalized spacial score (nSPS) is 10.9. The van der Waals surface area contributed by atoms with E-state index < -0.39 is 0 Å². The summed E-state index contributed by atoms with van der Waals surface area (Å²) >= 11 is 12.0. The molecule has 3 nitrogen and oxygen atoms in total. The molecule has 0 N–H and O–H groups in total. The molecule has 0 radical (unpaired) electrons. The van der Waals surface area contributed by atoms with Gasteiger partial charge in [0.2, 0.25) is 0 Å². The molecule has 0 saturated carbocycles. The molecule has 0 saturated heterocycles. The third-order valence-electron chi connectivity index (χ3n) is 2.47. The van der Waals surface area contributed by atoms with Gasteiger partial charge in [-0.2, -0.15) is 5.10 Å². The maximum absolute atomic E-state index is 13.2. The van der Waals surface area contributed by atoms with Gasteiger partial charge in [0.25, 0.3) is 0 Å². The number of benzene rings is 1. The highest BCUT2D eigenvalue weighted by atomic mass is 35.5. The third kappa shape index (κ3) is 2.51. The van der Waals surface area contributed by atoms with Crippen molar-refractivity contribution in [2.75, 3.05) is 7.11 Å². The first-order chi connectivity index (χ1) is 8.67. The molecule has 96 valence electrons. The minimum Gasteiger partial charge on any atom is -0.378 e. The Balaban J connectivity index is 2.51. The van der Waals surface area contributed by atoms with Crippen molar-refractivity contribution in [1.29, 1.82) is 0 Å². The molecule has 1 heterocycles. The number of ether oxygens (including phenoxy) is 1. The number of hydrogen-bond donors (Lipinski definition) is 0. The van der Waals surface area contributed by atoms with Crippen LogP contribution in [0.3, 0.4) is 0 Å². The molecule has 18 heavy (non-hydrogen) atoms. The monoisotopic (exact) mass is 288 g/mol. The van der Waals surface area contributed by atoms with Crippen molar-refractivity contribution in [2.45, 2.75) is 12.5 Å². The van der Waals surface area contributed by atoms with Crippen molar-refractivity contribution in [2.24, 2.45) is 0 Å². The second kappa shape index (κ2) is 5.69. The lowest BCUT2D eigenvalue weighted by Crippen LogP contribution is -1.98. The van der Waals surface area contributed by atoms with Crippen LogP contribution < -0.4 is 0 Å². The molecule has 0 atom stereocenters. The summed E-state index contributed by atoms with van der Waals surface area (Å²) in [6, 6.07) is 6.03. The summed E-state index contributed by atoms with van der Waals surface area (Å²) in [6.45, 7) is 0.310. The van der Waals surface area contributed by atoms with E-state index in [1.54, 1.807) is 19.2 Å². The van der Waals surface area contributed by atoms with Gasteiger partial charge >= 0.3 is 0 Å². The molecular weight excluding hydrogens is 278 g/mol. The Kier molecular flexibility index (Phi) is 4.22. The number of alkyl halides is 1. The number of hydrogen-bond acceptors (Lipinski definition) is 2. The molecule has 2 aromatic rings. The van der Waals surface area contributed by atoms with Gasteiger partial charge in [-0.3, -0.25) is 0 Å². The number of rotatable bonds is 4. The molecule has 1 aromatic heterocycles. The fourth-order valence-electron chi connectivity index (χ4n) is 1.64. The van der Waals surface area contributed by atoms with Crippen LogP contribution in [0.5, 0.6) is 0 Å². The molecule has 0 aliphatic rings. The first-order valence-corrected chi connectivity index (χ1v) is 6.15. The average molecular weight is 289 g/mol. The first-order valence-electron chi connectivity index (χ1n) is 5.24. The summed E-state index contributed by atoms with van der Waals surface area (Å²) in [7, 11) is 1.56. The second-order valence-electron chi connectivity index (χ2n) is 3.67. The second-order valence-corrected chi connectivity index (χ2v) is 4.30. The van der Waals surface area contributed by atoms with Gasteiger partial charge in [0, 0.05) is 12.7 Å². The number of halogens is 3. The van der Waals surface area contributed by atoms with Crippen LogP contribution in [0.15, 0.2) is 24.3 Å². The highest BCUT2D eigenvalue weighted by molar-refractivity contribution is 6.31. The van der Waals surface area contributed by atoms with E-state index in [0.29, 0.717) is 28.7 Å². The zero-order valence-electron chi connectivity index (χ0n) is 9.66. The molecule has 0 unspecified atom stereocenters. The molecule has 1 aromatic carbocycles. The largest absolute Gasteiger partial charge is 0.378 e. The lowest BCUT2D eigenvalue weighted by atomic mass is 10.3. The van der Waals surface area contributed by atoms with Crippen LogP contribution in [-0.4, -0.2) is 16.9 Å². The number of nitrogens with zero attached hydrogens (tertiary/aromatic N) is 2. The quantitative estimate of drug-likeness (QED) is 0.805. The van der Waals surface area contributed by atoms with Gasteiger partial charge in [0.05, 0.1) is 23.9 Å². The zero-order chi connectivity index (χ0) is 13.1. The summed E-state index contributed by atoms with van der Waals surface area (Å²) in [4.78, 5) is 0. The highest BCUT2D eigenvalue weighted by Gasteiger charge is 2.16. The molecule has 0 spiro atoms. The van der Waals surface area contributed by atoms with Crippen molar-refractivity contribution in [3.05, 3.63) is 46.5 Å². The fourth-order valence-corrected chi connectivity index (χ4v) is 2.30. The van der Waals surface area contributed by atoms with Crippen molar-refractivity contribution >= 4 is 23.2 Å². The van der Waals surface area contributed by atoms with Crippen molar-refractivity contribution in [3.8, 4) is 5.69 Å². The van der Waals surface area contributed by atoms with Crippen molar-refractivity contribution in [3.63, 3.8) is 0 Å². The van der Waals surface area contributed by atoms with Crippen LogP contribution in [0, 0.1) is 5.82 Å². The minimum absolute atomic E-state index is 0.229. The van der Waals surface area contributed by atoms with Gasteiger partial charge in [-0.1, -0.05) is 17.7 Å². The van der Waals surface area contributed by atoms with Crippen molar-refractivity contribution in [1.82, 2.24) is 9.78 Å². The van der Waals surface area contributed by atoms with Crippen LogP contribution in [0.2, 0.25) is 5.15 Å². The molecule has 0 fully saturated rings. The van der Waals surface area contributed by atoms with E-state index in [4.69, 9.17) is 27.9 Å². The Morgan fingerprint density at radius 1 is 1.44 bits per heavy atom. The summed E-state index contributed by atoms with van der Waals surface area (Å²) < 4.78 is 19.7. The van der Waals surface area contributed by atoms with E-state index in [0.717, 1.165) is 0 Å². The summed E-state index contributed by atoms with van der Waals surface area (Å²) in [5.41, 5.74) is 1.90. The number of methoxy groups -OCH3 is 1. The van der Waals surface area contributed by atoms with Crippen LogP contribution in [0.25, 0.3) is 5.69 Å². The van der Waals surface area contributed by atoms with Gasteiger partial charge in [0.1, 0.15) is 11.0 Å². The van der Waals surface area contributed by atoms with E-state index in [1.807, 2.05) is 0 Å². The lowest BCUT2D eigenvalue weighted by molar-refractivity contribution is 0.180. The van der Waals surface area contributed by atoms with E-state index in [-0.39, 0.29) is 11.7 Å². The van der Waals surface area contributed by atoms with Gasteiger partial charge in [-0.05, 0) is 18.2 Å². The predicted molar refractivity (Wildman–Crippen MR) is 68.8 cm³/mol. The molecule has 0 amide bonds. The maximum Gasteiger partial charge on any atom is 0.137 e. The molecule has 0 aliphatic heterocycles. The third-order valence-corrected chi connectivity index (χ3v) is 3.13. The van der Waals surface area contributed by atoms with Crippen LogP contribution in [0.1, 0.15) is 11.3 Å². The topological polar surface area (TPSA) is 27.1 Å². The lowest BCUT2D eigenvalue weighted by Gasteiger charge is -2.02. The Labute approximate surface area is 114 Å². The molecule has 0 aliphatic carbocycles. The van der Waals surface area contributed by atoms with Gasteiger partial charge < -0.3 is 4.74 Å². The van der Waals surface area contributed by atoms with Crippen LogP contribution >= 0.6 is 23.2 Å². The molecule has 6 heteroatoms. The Hall–Kier alpha value is -1.10. The molecule has 0 bridgehead atoms. The van der Waals surface area contributed by atoms with E-state index >= 15 is 0 Å². The SMILES string of the molecule is COCc1nn(-c2cccc(F)c2)c(Cl)c1CCl. The summed E-state index contributed by atoms with van der Waals surface area (Å²) in [5.74, 6) is -0.118. The van der Waals surface area contributed by atoms with Crippen LogP contribution in [0.4, 0.5) is 4.39 Å². The number of aromatic nitrogens is 2. The highest BCUT2D eigenvalue weighted by Crippen LogP contribution is 2.26. The minimum atomic E-state index is -0.347. The Morgan fingerprint density at radius 2 is 2.22 bits per heavy atom. The summed E-state index contributed by atoms with van der Waals surface area (Å²) in [6.07, 6.45) is 0. The van der Waals surface area contributed by atoms with E-state index in [9.17, 15) is 4.39 Å². The van der Waals surface area contributed by atoms with E-state index in [1.165, 1.54) is 16.8 Å². The average Bonchev–Trinajstić information content (AvgIpc) is 2.66. The fraction of sp³-hybridized carbons (Fsp3) is 0.250. The Morgan fingerprint density at radius 3 is 2.83 bits per heavy atom. The summed E-state index contributed by atoms with van der Waals surface area (Å²) in [5, 5.41) is 4.67. The van der Waals surface area contributed by atoms with Gasteiger partial charge in [0.15, 0.2) is 0 Å². The molecule has 2 rings (SSSR count). The molecular formula is C12H11Cl2FN2O. The predicted octanol–water partition coefficient (Wildman–Crippen LogP) is 3.55. The van der Waals surface area contributed by atoms with Crippen LogP contribution in [-0.2, 0) is 17.2 Å². The van der Waals surface area contributed by atoms with Gasteiger partial charge in [-0.15, -0.1) is 11.6 Å². The maximum atomic E-state index is 13.2. The van der Waals surface area contributed by atoms with Crippen molar-refractivity contribution < 1.29 is 9.13 Å². The zero-order valence-corrected chi connectivity index (χ0v) is 11.2. The van der Waals surface area contributed by atoms with E-state index in [2.05, 4.69) is 5.10 Å². The standard InChI is InChI=1S/C12H11Cl2FN2O/c1-18-7-11-10(6-13)12(14)17(16-11)9-4-2-3-8(15)5-9/h2-5H,6-7H2,1H3. The first kappa shape index (κ1) is 13.3. The smallest absolute Gasteiger partial charge is 0.137 e.